The summed E-state index contributed by atoms with van der Waals surface area (Å²) in [7, 11) is 0. The molecular formula is C29H23BrN4O4S. The van der Waals surface area contributed by atoms with Gasteiger partial charge in [-0.05, 0) is 68.3 Å². The molecule has 1 N–H and O–H groups in total. The van der Waals surface area contributed by atoms with Crippen molar-refractivity contribution < 1.29 is 19.4 Å². The maximum Gasteiger partial charge on any atom is 0.301 e. The number of aryl methyl sites for hydroxylation is 2. The number of aromatic nitrogens is 3. The third-order valence-corrected chi connectivity index (χ3v) is 8.29. The van der Waals surface area contributed by atoms with Gasteiger partial charge in [-0.15, -0.1) is 0 Å². The lowest BCUT2D eigenvalue weighted by atomic mass is 9.96. The van der Waals surface area contributed by atoms with Crippen molar-refractivity contribution in [2.24, 2.45) is 0 Å². The molecule has 1 amide bonds. The number of ketones is 1. The molecule has 1 unspecified atom stereocenters. The van der Waals surface area contributed by atoms with Gasteiger partial charge in [0.2, 0.25) is 0 Å². The number of rotatable bonds is 5. The van der Waals surface area contributed by atoms with Crippen molar-refractivity contribution >= 4 is 65.7 Å². The second-order valence-corrected chi connectivity index (χ2v) is 11.1. The lowest BCUT2D eigenvalue weighted by Crippen LogP contribution is -2.29. The number of carbonyl (C=O) groups excluding carboxylic acids is 2. The fraction of sp³-hybridized carbons (Fsp3) is 0.172. The minimum absolute atomic E-state index is 0.0310. The van der Waals surface area contributed by atoms with Crippen LogP contribution >= 0.6 is 27.3 Å². The fourth-order valence-corrected chi connectivity index (χ4v) is 6.39. The number of nitrogens with zero attached hydrogens (tertiary/aromatic N) is 4. The van der Waals surface area contributed by atoms with Crippen LogP contribution in [0.2, 0.25) is 0 Å². The number of thiazole rings is 1. The van der Waals surface area contributed by atoms with Gasteiger partial charge in [0.15, 0.2) is 10.9 Å². The van der Waals surface area contributed by atoms with Crippen LogP contribution in [0.5, 0.6) is 5.75 Å². The van der Waals surface area contributed by atoms with E-state index in [0.717, 1.165) is 14.7 Å². The highest BCUT2D eigenvalue weighted by atomic mass is 79.9. The van der Waals surface area contributed by atoms with Gasteiger partial charge in [-0.1, -0.05) is 45.5 Å². The molecule has 1 fully saturated rings. The molecule has 1 aliphatic heterocycles. The highest BCUT2D eigenvalue weighted by Crippen LogP contribution is 2.45. The summed E-state index contributed by atoms with van der Waals surface area (Å²) in [6.45, 7) is 6.18. The van der Waals surface area contributed by atoms with Gasteiger partial charge in [0.05, 0.1) is 34.1 Å². The van der Waals surface area contributed by atoms with Crippen LogP contribution in [-0.4, -0.2) is 37.8 Å². The van der Waals surface area contributed by atoms with E-state index in [4.69, 9.17) is 4.74 Å². The van der Waals surface area contributed by atoms with E-state index in [1.54, 1.807) is 0 Å². The summed E-state index contributed by atoms with van der Waals surface area (Å²) in [5.41, 5.74) is 3.81. The van der Waals surface area contributed by atoms with Crippen molar-refractivity contribution in [3.05, 3.63) is 93.4 Å². The van der Waals surface area contributed by atoms with Gasteiger partial charge in [-0.2, -0.15) is 0 Å². The molecule has 196 valence electrons. The second kappa shape index (κ2) is 9.62. The quantitative estimate of drug-likeness (QED) is 0.143. The standard InChI is InChI=1S/C29H23BrN4O4S/c1-4-38-19-10-11-20-21(14-19)39-29(31-20)34-24(17-8-5-9-18(30)13-17)22(26(36)28(34)37)25(35)23-16(3)33-12-6-7-15(2)27(33)32-23/h5-14,24,35H,4H2,1-3H3. The molecule has 6 rings (SSSR count). The highest BCUT2D eigenvalue weighted by molar-refractivity contribution is 9.10. The smallest absolute Gasteiger partial charge is 0.301 e. The molecule has 1 aliphatic rings. The van der Waals surface area contributed by atoms with E-state index in [9.17, 15) is 14.7 Å². The third-order valence-electron chi connectivity index (χ3n) is 6.78. The molecule has 5 aromatic rings. The van der Waals surface area contributed by atoms with E-state index in [-0.39, 0.29) is 17.0 Å². The minimum Gasteiger partial charge on any atom is -0.505 e. The second-order valence-electron chi connectivity index (χ2n) is 9.21. The average molecular weight is 603 g/mol. The van der Waals surface area contributed by atoms with Gasteiger partial charge in [-0.25, -0.2) is 9.97 Å². The van der Waals surface area contributed by atoms with Crippen LogP contribution in [-0.2, 0) is 9.59 Å². The topological polar surface area (TPSA) is 97.0 Å². The number of anilines is 1. The van der Waals surface area contributed by atoms with Gasteiger partial charge in [0.1, 0.15) is 17.1 Å². The molecule has 1 atom stereocenters. The van der Waals surface area contributed by atoms with E-state index >= 15 is 0 Å². The fourth-order valence-electron chi connectivity index (χ4n) is 4.95. The van der Waals surface area contributed by atoms with Crippen molar-refractivity contribution in [3.63, 3.8) is 0 Å². The summed E-state index contributed by atoms with van der Waals surface area (Å²) >= 11 is 4.79. The number of fused-ring (bicyclic) bond motifs is 2. The molecule has 0 saturated carbocycles. The molecule has 8 nitrogen and oxygen atoms in total. The van der Waals surface area contributed by atoms with Gasteiger partial charge in [0.25, 0.3) is 5.78 Å². The monoisotopic (exact) mass is 602 g/mol. The van der Waals surface area contributed by atoms with Crippen LogP contribution in [0.3, 0.4) is 0 Å². The first kappa shape index (κ1) is 25.3. The zero-order valence-electron chi connectivity index (χ0n) is 21.3. The van der Waals surface area contributed by atoms with Crippen LogP contribution in [0.4, 0.5) is 5.13 Å². The summed E-state index contributed by atoms with van der Waals surface area (Å²) in [5.74, 6) is -1.17. The number of carbonyl (C=O) groups is 2. The van der Waals surface area contributed by atoms with Crippen molar-refractivity contribution in [3.8, 4) is 5.75 Å². The SMILES string of the molecule is CCOc1ccc2nc(N3C(=O)C(=O)C(=C(O)c4nc5c(C)cccn5c4C)C3c3cccc(Br)c3)sc2c1. The number of aliphatic hydroxyl groups excluding tert-OH is 1. The molecule has 0 radical (unpaired) electrons. The molecule has 1 saturated heterocycles. The predicted molar refractivity (Wildman–Crippen MR) is 154 cm³/mol. The van der Waals surface area contributed by atoms with Crippen molar-refractivity contribution in [1.29, 1.82) is 0 Å². The van der Waals surface area contributed by atoms with E-state index in [2.05, 4.69) is 25.9 Å². The third kappa shape index (κ3) is 4.11. The number of Topliss-reactive ketones (excluding diaryl/α,β-unsaturated/α-hetero) is 1. The number of pyridine rings is 1. The Morgan fingerprint density at radius 1 is 1.10 bits per heavy atom. The largest absolute Gasteiger partial charge is 0.505 e. The van der Waals surface area contributed by atoms with E-state index < -0.39 is 17.7 Å². The summed E-state index contributed by atoms with van der Waals surface area (Å²) in [6, 6.07) is 15.8. The zero-order valence-corrected chi connectivity index (χ0v) is 23.7. The van der Waals surface area contributed by atoms with Crippen molar-refractivity contribution in [2.45, 2.75) is 26.8 Å². The molecule has 0 spiro atoms. The summed E-state index contributed by atoms with van der Waals surface area (Å²) in [4.78, 5) is 38.0. The van der Waals surface area contributed by atoms with Gasteiger partial charge in [-0.3, -0.25) is 14.5 Å². The number of aliphatic hydroxyl groups is 1. The van der Waals surface area contributed by atoms with Crippen LogP contribution in [0.15, 0.2) is 70.8 Å². The number of halogens is 1. The minimum atomic E-state index is -0.903. The first-order valence-electron chi connectivity index (χ1n) is 12.3. The van der Waals surface area contributed by atoms with Crippen LogP contribution in [0.25, 0.3) is 21.6 Å². The van der Waals surface area contributed by atoms with Gasteiger partial charge in [0, 0.05) is 10.7 Å². The van der Waals surface area contributed by atoms with Crippen LogP contribution in [0, 0.1) is 13.8 Å². The van der Waals surface area contributed by atoms with Crippen LogP contribution in [0.1, 0.15) is 35.5 Å². The summed E-state index contributed by atoms with van der Waals surface area (Å²) in [6.07, 6.45) is 1.85. The average Bonchev–Trinajstić information content (AvgIpc) is 3.56. The Hall–Kier alpha value is -4.02. The number of imidazole rings is 1. The number of hydrogen-bond donors (Lipinski definition) is 1. The number of ether oxygens (including phenoxy) is 1. The Labute approximate surface area is 236 Å². The summed E-state index contributed by atoms with van der Waals surface area (Å²) < 4.78 is 9.07. The van der Waals surface area contributed by atoms with Crippen molar-refractivity contribution in [1.82, 2.24) is 14.4 Å². The highest BCUT2D eigenvalue weighted by Gasteiger charge is 2.48. The maximum atomic E-state index is 13.6. The van der Waals surface area contributed by atoms with Crippen molar-refractivity contribution in [2.75, 3.05) is 11.5 Å². The molecular weight excluding hydrogens is 580 g/mol. The van der Waals surface area contributed by atoms with E-state index in [0.29, 0.717) is 39.9 Å². The molecule has 0 aliphatic carbocycles. The maximum absolute atomic E-state index is 13.6. The van der Waals surface area contributed by atoms with Gasteiger partial charge < -0.3 is 14.2 Å². The first-order chi connectivity index (χ1) is 18.8. The Balaban J connectivity index is 1.57. The Morgan fingerprint density at radius 3 is 2.67 bits per heavy atom. The lowest BCUT2D eigenvalue weighted by molar-refractivity contribution is -0.132. The van der Waals surface area contributed by atoms with Crippen LogP contribution < -0.4 is 9.64 Å². The molecule has 3 aromatic heterocycles. The normalized spacial score (nSPS) is 17.0. The lowest BCUT2D eigenvalue weighted by Gasteiger charge is -2.23. The molecule has 0 bridgehead atoms. The van der Waals surface area contributed by atoms with E-state index in [1.807, 2.05) is 86.0 Å². The first-order valence-corrected chi connectivity index (χ1v) is 13.9. The summed E-state index contributed by atoms with van der Waals surface area (Å²) in [5, 5.41) is 12.0. The molecule has 39 heavy (non-hydrogen) atoms. The predicted octanol–water partition coefficient (Wildman–Crippen LogP) is 6.35. The number of benzene rings is 2. The van der Waals surface area contributed by atoms with E-state index in [1.165, 1.54) is 16.2 Å². The Kier molecular flexibility index (Phi) is 6.23. The number of hydrogen-bond acceptors (Lipinski definition) is 7. The zero-order chi connectivity index (χ0) is 27.4. The number of amides is 1. The van der Waals surface area contributed by atoms with Gasteiger partial charge >= 0.3 is 5.91 Å². The Morgan fingerprint density at radius 2 is 1.92 bits per heavy atom. The molecule has 2 aromatic carbocycles. The Bertz CT molecular complexity index is 1840. The molecule has 10 heteroatoms. The molecule has 4 heterocycles.